The quantitative estimate of drug-likeness (QED) is 0.888. The molecule has 1 aromatic heterocycles. The molecule has 1 N–H and O–H groups in total. The minimum atomic E-state index is -0.761. The van der Waals surface area contributed by atoms with Crippen molar-refractivity contribution in [3.63, 3.8) is 0 Å². The fourth-order valence-electron chi connectivity index (χ4n) is 3.90. The minimum Gasteiger partial charge on any atom is -0.481 e. The van der Waals surface area contributed by atoms with Gasteiger partial charge in [0.2, 0.25) is 0 Å². The number of aliphatic carboxylic acids is 1. The number of piperidine rings is 2. The zero-order valence-corrected chi connectivity index (χ0v) is 14.7. The van der Waals surface area contributed by atoms with Crippen LogP contribution in [0.4, 0.5) is 5.82 Å². The molecule has 0 radical (unpaired) electrons. The smallest absolute Gasteiger partial charge is 0.303 e. The molecule has 0 bridgehead atoms. The highest BCUT2D eigenvalue weighted by Gasteiger charge is 2.28. The van der Waals surface area contributed by atoms with E-state index in [1.54, 1.807) is 6.20 Å². The SMILES string of the molecule is O=C(O)CCC1CCCN(C(=O)c2cccnc2N2CCCCC2)C1. The highest BCUT2D eigenvalue weighted by atomic mass is 16.4. The molecule has 1 aromatic rings. The molecule has 2 fully saturated rings. The van der Waals surface area contributed by atoms with Gasteiger partial charge in [-0.3, -0.25) is 9.59 Å². The summed E-state index contributed by atoms with van der Waals surface area (Å²) in [7, 11) is 0. The summed E-state index contributed by atoms with van der Waals surface area (Å²) in [5.41, 5.74) is 0.684. The summed E-state index contributed by atoms with van der Waals surface area (Å²) in [4.78, 5) is 32.5. The van der Waals surface area contributed by atoms with Crippen molar-refractivity contribution in [2.45, 2.75) is 44.9 Å². The van der Waals surface area contributed by atoms with E-state index in [-0.39, 0.29) is 18.2 Å². The van der Waals surface area contributed by atoms with E-state index in [1.807, 2.05) is 17.0 Å². The van der Waals surface area contributed by atoms with Crippen molar-refractivity contribution in [2.75, 3.05) is 31.1 Å². The number of nitrogens with zero attached hydrogens (tertiary/aromatic N) is 3. The average molecular weight is 345 g/mol. The first-order valence-corrected chi connectivity index (χ1v) is 9.36. The molecule has 2 aliphatic heterocycles. The second-order valence-corrected chi connectivity index (χ2v) is 7.11. The summed E-state index contributed by atoms with van der Waals surface area (Å²) in [5.74, 6) is 0.362. The summed E-state index contributed by atoms with van der Waals surface area (Å²) >= 11 is 0. The lowest BCUT2D eigenvalue weighted by Crippen LogP contribution is -2.41. The van der Waals surface area contributed by atoms with Gasteiger partial charge in [-0.1, -0.05) is 0 Å². The highest BCUT2D eigenvalue weighted by molar-refractivity contribution is 5.99. The Morgan fingerprint density at radius 1 is 1.16 bits per heavy atom. The Balaban J connectivity index is 1.71. The van der Waals surface area contributed by atoms with Crippen LogP contribution in [0.25, 0.3) is 0 Å². The monoisotopic (exact) mass is 345 g/mol. The van der Waals surface area contributed by atoms with Gasteiger partial charge in [-0.15, -0.1) is 0 Å². The molecule has 136 valence electrons. The van der Waals surface area contributed by atoms with Crippen molar-refractivity contribution in [3.8, 4) is 0 Å². The van der Waals surface area contributed by atoms with Crippen LogP contribution in [0.5, 0.6) is 0 Å². The first kappa shape index (κ1) is 17.7. The van der Waals surface area contributed by atoms with Crippen LogP contribution in [0.15, 0.2) is 18.3 Å². The summed E-state index contributed by atoms with van der Waals surface area (Å²) in [6.07, 6.45) is 8.05. The third-order valence-electron chi connectivity index (χ3n) is 5.25. The lowest BCUT2D eigenvalue weighted by Gasteiger charge is -2.34. The molecule has 0 aromatic carbocycles. The zero-order valence-electron chi connectivity index (χ0n) is 14.7. The minimum absolute atomic E-state index is 0.0358. The summed E-state index contributed by atoms with van der Waals surface area (Å²) in [6.45, 7) is 3.31. The number of carboxylic acid groups (broad SMARTS) is 1. The predicted octanol–water partition coefficient (Wildman–Crippen LogP) is 2.79. The van der Waals surface area contributed by atoms with Crippen LogP contribution in [-0.4, -0.2) is 53.0 Å². The van der Waals surface area contributed by atoms with Crippen LogP contribution >= 0.6 is 0 Å². The van der Waals surface area contributed by atoms with Crippen LogP contribution in [0.2, 0.25) is 0 Å². The van der Waals surface area contributed by atoms with E-state index < -0.39 is 5.97 Å². The van der Waals surface area contributed by atoms with Gasteiger partial charge in [-0.2, -0.15) is 0 Å². The molecule has 0 aliphatic carbocycles. The van der Waals surface area contributed by atoms with Crippen molar-refractivity contribution in [2.24, 2.45) is 5.92 Å². The van der Waals surface area contributed by atoms with E-state index in [0.717, 1.165) is 51.1 Å². The van der Waals surface area contributed by atoms with E-state index in [4.69, 9.17) is 5.11 Å². The second-order valence-electron chi connectivity index (χ2n) is 7.11. The molecule has 1 unspecified atom stereocenters. The fourth-order valence-corrected chi connectivity index (χ4v) is 3.90. The van der Waals surface area contributed by atoms with Gasteiger partial charge in [0.05, 0.1) is 5.56 Å². The Labute approximate surface area is 148 Å². The van der Waals surface area contributed by atoms with Gasteiger partial charge in [-0.25, -0.2) is 4.98 Å². The number of pyridine rings is 1. The summed E-state index contributed by atoms with van der Waals surface area (Å²) in [5, 5.41) is 8.88. The van der Waals surface area contributed by atoms with E-state index in [2.05, 4.69) is 9.88 Å². The van der Waals surface area contributed by atoms with Crippen LogP contribution in [0, 0.1) is 5.92 Å². The Morgan fingerprint density at radius 2 is 1.96 bits per heavy atom. The average Bonchev–Trinajstić information content (AvgIpc) is 2.67. The van der Waals surface area contributed by atoms with Crippen LogP contribution in [-0.2, 0) is 4.79 Å². The van der Waals surface area contributed by atoms with Gasteiger partial charge in [0.15, 0.2) is 0 Å². The molecule has 6 nitrogen and oxygen atoms in total. The van der Waals surface area contributed by atoms with Crippen LogP contribution in [0.1, 0.15) is 55.3 Å². The van der Waals surface area contributed by atoms with Crippen LogP contribution < -0.4 is 4.90 Å². The Hall–Kier alpha value is -2.11. The van der Waals surface area contributed by atoms with Crippen molar-refractivity contribution in [1.82, 2.24) is 9.88 Å². The third kappa shape index (κ3) is 4.50. The molecule has 3 heterocycles. The van der Waals surface area contributed by atoms with Gasteiger partial charge in [0.25, 0.3) is 5.91 Å². The molecule has 6 heteroatoms. The van der Waals surface area contributed by atoms with Crippen molar-refractivity contribution in [3.05, 3.63) is 23.9 Å². The maximum Gasteiger partial charge on any atom is 0.303 e. The molecule has 3 rings (SSSR count). The number of amides is 1. The molecular weight excluding hydrogens is 318 g/mol. The number of carboxylic acids is 1. The maximum absolute atomic E-state index is 13.1. The number of hydrogen-bond donors (Lipinski definition) is 1. The maximum atomic E-state index is 13.1. The Morgan fingerprint density at radius 3 is 2.72 bits per heavy atom. The summed E-state index contributed by atoms with van der Waals surface area (Å²) < 4.78 is 0. The molecule has 2 saturated heterocycles. The second kappa shape index (κ2) is 8.32. The molecule has 1 atom stereocenters. The van der Waals surface area contributed by atoms with E-state index in [1.165, 1.54) is 6.42 Å². The van der Waals surface area contributed by atoms with Crippen molar-refractivity contribution in [1.29, 1.82) is 0 Å². The normalized spacial score (nSPS) is 21.2. The molecule has 2 aliphatic rings. The van der Waals surface area contributed by atoms with Gasteiger partial charge in [0.1, 0.15) is 5.82 Å². The third-order valence-corrected chi connectivity index (χ3v) is 5.25. The number of rotatable bonds is 5. The van der Waals surface area contributed by atoms with E-state index in [9.17, 15) is 9.59 Å². The molecule has 0 spiro atoms. The number of aromatic nitrogens is 1. The van der Waals surface area contributed by atoms with Gasteiger partial charge in [-0.05, 0) is 56.6 Å². The largest absolute Gasteiger partial charge is 0.481 e. The number of anilines is 1. The topological polar surface area (TPSA) is 73.7 Å². The van der Waals surface area contributed by atoms with Gasteiger partial charge < -0.3 is 14.9 Å². The van der Waals surface area contributed by atoms with Gasteiger partial charge >= 0.3 is 5.97 Å². The molecule has 25 heavy (non-hydrogen) atoms. The Kier molecular flexibility index (Phi) is 5.89. The summed E-state index contributed by atoms with van der Waals surface area (Å²) in [6, 6.07) is 3.70. The number of likely N-dealkylation sites (tertiary alicyclic amines) is 1. The van der Waals surface area contributed by atoms with Crippen molar-refractivity contribution >= 4 is 17.7 Å². The lowest BCUT2D eigenvalue weighted by atomic mass is 9.93. The van der Waals surface area contributed by atoms with Gasteiger partial charge in [0, 0.05) is 38.8 Å². The lowest BCUT2D eigenvalue weighted by molar-refractivity contribution is -0.137. The highest BCUT2D eigenvalue weighted by Crippen LogP contribution is 2.26. The zero-order chi connectivity index (χ0) is 17.6. The molecule has 1 amide bonds. The van der Waals surface area contributed by atoms with Crippen LogP contribution in [0.3, 0.4) is 0 Å². The number of carbonyl (C=O) groups is 2. The van der Waals surface area contributed by atoms with E-state index >= 15 is 0 Å². The standard InChI is InChI=1S/C19H27N3O3/c23-17(24)9-8-15-6-5-13-22(14-15)19(25)16-7-4-10-20-18(16)21-11-2-1-3-12-21/h4,7,10,15H,1-3,5-6,8-9,11-14H2,(H,23,24). The molecule has 0 saturated carbocycles. The number of hydrogen-bond acceptors (Lipinski definition) is 4. The first-order valence-electron chi connectivity index (χ1n) is 9.36. The van der Waals surface area contributed by atoms with E-state index in [0.29, 0.717) is 18.5 Å². The fraction of sp³-hybridized carbons (Fsp3) is 0.632. The predicted molar refractivity (Wildman–Crippen MR) is 95.8 cm³/mol. The Bertz CT molecular complexity index is 614. The first-order chi connectivity index (χ1) is 12.1. The molecular formula is C19H27N3O3. The number of carbonyl (C=O) groups excluding carboxylic acids is 1. The van der Waals surface area contributed by atoms with Crippen molar-refractivity contribution < 1.29 is 14.7 Å².